The molecule has 0 aromatic carbocycles. The molecule has 100 valence electrons. The zero-order valence-corrected chi connectivity index (χ0v) is 11.7. The van der Waals surface area contributed by atoms with E-state index in [2.05, 4.69) is 29.5 Å². The largest absolute Gasteiger partial charge is 0.378 e. The summed E-state index contributed by atoms with van der Waals surface area (Å²) < 4.78 is 5.31. The van der Waals surface area contributed by atoms with Crippen molar-refractivity contribution in [3.05, 3.63) is 16.1 Å². The minimum Gasteiger partial charge on any atom is -0.378 e. The van der Waals surface area contributed by atoms with Crippen LogP contribution < -0.4 is 10.6 Å². The van der Waals surface area contributed by atoms with Crippen LogP contribution in [0.15, 0.2) is 5.38 Å². The van der Waals surface area contributed by atoms with E-state index in [0.29, 0.717) is 11.6 Å². The van der Waals surface area contributed by atoms with Gasteiger partial charge in [-0.05, 0) is 0 Å². The van der Waals surface area contributed by atoms with E-state index < -0.39 is 0 Å². The van der Waals surface area contributed by atoms with Crippen molar-refractivity contribution in [2.75, 3.05) is 20.2 Å². The molecule has 0 radical (unpaired) electrons. The minimum atomic E-state index is -0.117. The van der Waals surface area contributed by atoms with E-state index in [0.717, 1.165) is 18.1 Å². The maximum absolute atomic E-state index is 12.0. The lowest BCUT2D eigenvalue weighted by molar-refractivity contribution is 0.0776. The van der Waals surface area contributed by atoms with E-state index in [1.807, 2.05) is 5.38 Å². The van der Waals surface area contributed by atoms with Gasteiger partial charge < -0.3 is 15.4 Å². The quantitative estimate of drug-likeness (QED) is 0.855. The van der Waals surface area contributed by atoms with Gasteiger partial charge in [0.2, 0.25) is 0 Å². The number of methoxy groups -OCH3 is 1. The van der Waals surface area contributed by atoms with E-state index in [9.17, 15) is 4.79 Å². The van der Waals surface area contributed by atoms with Crippen LogP contribution >= 0.6 is 11.3 Å². The molecule has 2 unspecified atom stereocenters. The Morgan fingerprint density at radius 2 is 2.39 bits per heavy atom. The fourth-order valence-corrected chi connectivity index (χ4v) is 2.76. The summed E-state index contributed by atoms with van der Waals surface area (Å²) >= 11 is 1.53. The molecule has 2 atom stereocenters. The highest BCUT2D eigenvalue weighted by atomic mass is 32.1. The number of thiazole rings is 1. The Balaban J connectivity index is 1.98. The topological polar surface area (TPSA) is 63.2 Å². The summed E-state index contributed by atoms with van der Waals surface area (Å²) in [5.74, 6) is 0.241. The van der Waals surface area contributed by atoms with Gasteiger partial charge in [-0.3, -0.25) is 4.79 Å². The Labute approximate surface area is 111 Å². The fraction of sp³-hybridized carbons (Fsp3) is 0.667. The highest BCUT2D eigenvalue weighted by Gasteiger charge is 2.29. The SMILES string of the molecule is COC1CNCC1NC(=O)c1csc(C(C)C)n1. The molecule has 0 spiro atoms. The molecular weight excluding hydrogens is 250 g/mol. The summed E-state index contributed by atoms with van der Waals surface area (Å²) in [6.07, 6.45) is 0.0390. The first-order valence-corrected chi connectivity index (χ1v) is 6.99. The van der Waals surface area contributed by atoms with E-state index in [1.54, 1.807) is 7.11 Å². The predicted octanol–water partition coefficient (Wildman–Crippen LogP) is 0.983. The second-order valence-corrected chi connectivity index (χ2v) is 5.63. The van der Waals surface area contributed by atoms with Gasteiger partial charge in [0.1, 0.15) is 5.69 Å². The smallest absolute Gasteiger partial charge is 0.271 e. The number of hydrogen-bond acceptors (Lipinski definition) is 5. The zero-order chi connectivity index (χ0) is 13.1. The molecule has 1 amide bonds. The second kappa shape index (κ2) is 5.77. The number of amides is 1. The van der Waals surface area contributed by atoms with Crippen LogP contribution in [0.3, 0.4) is 0 Å². The number of rotatable bonds is 4. The molecule has 5 nitrogen and oxygen atoms in total. The normalized spacial score (nSPS) is 23.6. The third-order valence-electron chi connectivity index (χ3n) is 3.03. The van der Waals surface area contributed by atoms with Crippen LogP contribution in [-0.2, 0) is 4.74 Å². The van der Waals surface area contributed by atoms with Gasteiger partial charge in [0.05, 0.1) is 17.2 Å². The molecule has 6 heteroatoms. The highest BCUT2D eigenvalue weighted by molar-refractivity contribution is 7.09. The van der Waals surface area contributed by atoms with Gasteiger partial charge >= 0.3 is 0 Å². The number of nitrogens with one attached hydrogen (secondary N) is 2. The molecule has 1 aliphatic rings. The highest BCUT2D eigenvalue weighted by Crippen LogP contribution is 2.19. The lowest BCUT2D eigenvalue weighted by Crippen LogP contribution is -2.43. The first kappa shape index (κ1) is 13.5. The van der Waals surface area contributed by atoms with Gasteiger partial charge in [-0.15, -0.1) is 11.3 Å². The van der Waals surface area contributed by atoms with E-state index in [4.69, 9.17) is 4.74 Å². The van der Waals surface area contributed by atoms with Gasteiger partial charge in [0.25, 0.3) is 5.91 Å². The van der Waals surface area contributed by atoms with Gasteiger partial charge in [0.15, 0.2) is 0 Å². The number of nitrogens with zero attached hydrogens (tertiary/aromatic N) is 1. The molecule has 1 aliphatic heterocycles. The maximum Gasteiger partial charge on any atom is 0.271 e. The monoisotopic (exact) mass is 269 g/mol. The van der Waals surface area contributed by atoms with Crippen molar-refractivity contribution in [3.8, 4) is 0 Å². The van der Waals surface area contributed by atoms with Crippen LogP contribution in [0.5, 0.6) is 0 Å². The number of carbonyl (C=O) groups is 1. The van der Waals surface area contributed by atoms with Crippen molar-refractivity contribution in [1.29, 1.82) is 0 Å². The maximum atomic E-state index is 12.0. The van der Waals surface area contributed by atoms with E-state index >= 15 is 0 Å². The molecule has 1 aromatic heterocycles. The first-order valence-electron chi connectivity index (χ1n) is 6.11. The third-order valence-corrected chi connectivity index (χ3v) is 4.17. The van der Waals surface area contributed by atoms with Crippen LogP contribution in [-0.4, -0.2) is 43.2 Å². The number of ether oxygens (including phenoxy) is 1. The lowest BCUT2D eigenvalue weighted by Gasteiger charge is -2.17. The fourth-order valence-electron chi connectivity index (χ4n) is 1.95. The predicted molar refractivity (Wildman–Crippen MR) is 71.1 cm³/mol. The number of carbonyl (C=O) groups excluding carboxylic acids is 1. The Morgan fingerprint density at radius 3 is 3.00 bits per heavy atom. The first-order chi connectivity index (χ1) is 8.61. The van der Waals surface area contributed by atoms with Gasteiger partial charge in [0, 0.05) is 31.5 Å². The number of aromatic nitrogens is 1. The molecule has 1 saturated heterocycles. The average molecular weight is 269 g/mol. The molecule has 18 heavy (non-hydrogen) atoms. The molecule has 0 bridgehead atoms. The molecule has 0 aliphatic carbocycles. The Bertz CT molecular complexity index is 419. The summed E-state index contributed by atoms with van der Waals surface area (Å²) in [5, 5.41) is 8.97. The standard InChI is InChI=1S/C12H19N3O2S/c1-7(2)12-15-9(6-18-12)11(16)14-8-4-13-5-10(8)17-3/h6-8,10,13H,4-5H2,1-3H3,(H,14,16). The molecular formula is C12H19N3O2S. The van der Waals surface area contributed by atoms with Crippen molar-refractivity contribution >= 4 is 17.2 Å². The van der Waals surface area contributed by atoms with Crippen molar-refractivity contribution in [3.63, 3.8) is 0 Å². The van der Waals surface area contributed by atoms with Crippen LogP contribution in [0, 0.1) is 0 Å². The van der Waals surface area contributed by atoms with Crippen LogP contribution in [0.25, 0.3) is 0 Å². The van der Waals surface area contributed by atoms with Crippen LogP contribution in [0.1, 0.15) is 35.3 Å². The van der Waals surface area contributed by atoms with Crippen molar-refractivity contribution in [2.24, 2.45) is 0 Å². The van der Waals surface area contributed by atoms with E-state index in [1.165, 1.54) is 11.3 Å². The van der Waals surface area contributed by atoms with Crippen molar-refractivity contribution < 1.29 is 9.53 Å². The zero-order valence-electron chi connectivity index (χ0n) is 10.9. The summed E-state index contributed by atoms with van der Waals surface area (Å²) in [6, 6.07) is 0.0201. The van der Waals surface area contributed by atoms with Crippen molar-refractivity contribution in [1.82, 2.24) is 15.6 Å². The molecule has 0 saturated carbocycles. The van der Waals surface area contributed by atoms with E-state index in [-0.39, 0.29) is 18.1 Å². The van der Waals surface area contributed by atoms with Gasteiger partial charge in [-0.25, -0.2) is 4.98 Å². The second-order valence-electron chi connectivity index (χ2n) is 4.74. The van der Waals surface area contributed by atoms with Gasteiger partial charge in [-0.2, -0.15) is 0 Å². The molecule has 2 heterocycles. The third kappa shape index (κ3) is 2.88. The molecule has 1 aromatic rings. The Hall–Kier alpha value is -0.980. The van der Waals surface area contributed by atoms with Crippen LogP contribution in [0.2, 0.25) is 0 Å². The summed E-state index contributed by atoms with van der Waals surface area (Å²) in [6.45, 7) is 5.66. The Morgan fingerprint density at radius 1 is 1.61 bits per heavy atom. The van der Waals surface area contributed by atoms with Crippen molar-refractivity contribution in [2.45, 2.75) is 31.9 Å². The lowest BCUT2D eigenvalue weighted by atomic mass is 10.2. The molecule has 1 fully saturated rings. The summed E-state index contributed by atoms with van der Waals surface area (Å²) in [4.78, 5) is 16.4. The Kier molecular flexibility index (Phi) is 4.31. The molecule has 2 rings (SSSR count). The number of hydrogen-bond donors (Lipinski definition) is 2. The average Bonchev–Trinajstić information content (AvgIpc) is 2.96. The summed E-state index contributed by atoms with van der Waals surface area (Å²) in [7, 11) is 1.66. The summed E-state index contributed by atoms with van der Waals surface area (Å²) in [5.41, 5.74) is 0.505. The molecule has 2 N–H and O–H groups in total. The van der Waals surface area contributed by atoms with Crippen LogP contribution in [0.4, 0.5) is 0 Å². The van der Waals surface area contributed by atoms with Gasteiger partial charge in [-0.1, -0.05) is 13.8 Å². The minimum absolute atomic E-state index is 0.0201.